The van der Waals surface area contributed by atoms with Crippen molar-refractivity contribution in [3.8, 4) is 5.75 Å². The lowest BCUT2D eigenvalue weighted by Gasteiger charge is -2.13. The minimum atomic E-state index is 0.559. The van der Waals surface area contributed by atoms with Gasteiger partial charge in [-0.15, -0.1) is 0 Å². The van der Waals surface area contributed by atoms with Gasteiger partial charge in [-0.3, -0.25) is 0 Å². The molecule has 2 heteroatoms. The molecule has 0 heterocycles. The summed E-state index contributed by atoms with van der Waals surface area (Å²) in [6.07, 6.45) is 1.12. The molecule has 15 heavy (non-hydrogen) atoms. The second-order valence-corrected chi connectivity index (χ2v) is 4.13. The van der Waals surface area contributed by atoms with Crippen LogP contribution in [-0.4, -0.2) is 13.2 Å². The Hall–Kier alpha value is -1.18. The number of nitrogens with one attached hydrogen (secondary N) is 1. The van der Waals surface area contributed by atoms with Crippen LogP contribution in [0, 0.1) is 5.92 Å². The molecule has 0 aliphatic carbocycles. The number of anilines is 1. The normalized spacial score (nSPS) is 10.4. The standard InChI is InChI=1S/C13H21NO/c1-4-9-14-12-7-5-6-8-13(12)15-10-11(2)3/h5-8,11,14H,4,9-10H2,1-3H3. The number of rotatable bonds is 6. The van der Waals surface area contributed by atoms with E-state index in [9.17, 15) is 0 Å². The zero-order valence-corrected chi connectivity index (χ0v) is 9.92. The maximum atomic E-state index is 5.73. The van der Waals surface area contributed by atoms with Crippen molar-refractivity contribution < 1.29 is 4.74 Å². The summed E-state index contributed by atoms with van der Waals surface area (Å²) >= 11 is 0. The average molecular weight is 207 g/mol. The summed E-state index contributed by atoms with van der Waals surface area (Å²) in [5, 5.41) is 3.36. The van der Waals surface area contributed by atoms with Crippen molar-refractivity contribution >= 4 is 5.69 Å². The van der Waals surface area contributed by atoms with Crippen LogP contribution in [0.1, 0.15) is 27.2 Å². The first-order valence-electron chi connectivity index (χ1n) is 5.69. The number of para-hydroxylation sites is 2. The summed E-state index contributed by atoms with van der Waals surface area (Å²) in [7, 11) is 0. The predicted octanol–water partition coefficient (Wildman–Crippen LogP) is 3.54. The highest BCUT2D eigenvalue weighted by Crippen LogP contribution is 2.23. The summed E-state index contributed by atoms with van der Waals surface area (Å²) in [4.78, 5) is 0. The molecule has 0 aliphatic rings. The van der Waals surface area contributed by atoms with Crippen LogP contribution in [0.4, 0.5) is 5.69 Å². The van der Waals surface area contributed by atoms with E-state index in [-0.39, 0.29) is 0 Å². The molecule has 1 aromatic carbocycles. The third-order valence-electron chi connectivity index (χ3n) is 2.02. The van der Waals surface area contributed by atoms with E-state index in [1.165, 1.54) is 0 Å². The monoisotopic (exact) mass is 207 g/mol. The molecule has 0 amide bonds. The Balaban J connectivity index is 2.59. The van der Waals surface area contributed by atoms with Gasteiger partial charge in [-0.2, -0.15) is 0 Å². The first-order valence-corrected chi connectivity index (χ1v) is 5.69. The van der Waals surface area contributed by atoms with Crippen molar-refractivity contribution in [3.05, 3.63) is 24.3 Å². The fraction of sp³-hybridized carbons (Fsp3) is 0.538. The molecule has 0 radical (unpaired) electrons. The lowest BCUT2D eigenvalue weighted by Crippen LogP contribution is -2.07. The second-order valence-electron chi connectivity index (χ2n) is 4.13. The lowest BCUT2D eigenvalue weighted by atomic mass is 10.2. The van der Waals surface area contributed by atoms with Crippen molar-refractivity contribution in [3.63, 3.8) is 0 Å². The smallest absolute Gasteiger partial charge is 0.142 e. The van der Waals surface area contributed by atoms with Crippen molar-refractivity contribution in [1.82, 2.24) is 0 Å². The highest BCUT2D eigenvalue weighted by molar-refractivity contribution is 5.56. The second kappa shape index (κ2) is 6.33. The van der Waals surface area contributed by atoms with E-state index in [1.807, 2.05) is 18.2 Å². The summed E-state index contributed by atoms with van der Waals surface area (Å²) in [5.74, 6) is 1.52. The maximum Gasteiger partial charge on any atom is 0.142 e. The van der Waals surface area contributed by atoms with Gasteiger partial charge in [0.15, 0.2) is 0 Å². The minimum absolute atomic E-state index is 0.559. The zero-order chi connectivity index (χ0) is 11.1. The van der Waals surface area contributed by atoms with Crippen LogP contribution in [0.15, 0.2) is 24.3 Å². The van der Waals surface area contributed by atoms with Crippen LogP contribution in [-0.2, 0) is 0 Å². The molecule has 0 bridgehead atoms. The molecular weight excluding hydrogens is 186 g/mol. The molecule has 0 aliphatic heterocycles. The summed E-state index contributed by atoms with van der Waals surface area (Å²) in [6.45, 7) is 8.22. The lowest BCUT2D eigenvalue weighted by molar-refractivity contribution is 0.272. The Morgan fingerprint density at radius 3 is 2.67 bits per heavy atom. The van der Waals surface area contributed by atoms with Gasteiger partial charge in [-0.05, 0) is 24.5 Å². The molecule has 0 saturated carbocycles. The van der Waals surface area contributed by atoms with Crippen LogP contribution in [0.2, 0.25) is 0 Å². The number of hydrogen-bond donors (Lipinski definition) is 1. The molecule has 0 aromatic heterocycles. The van der Waals surface area contributed by atoms with E-state index in [0.717, 1.165) is 31.0 Å². The van der Waals surface area contributed by atoms with Gasteiger partial charge in [0.05, 0.1) is 12.3 Å². The molecule has 2 nitrogen and oxygen atoms in total. The van der Waals surface area contributed by atoms with Gasteiger partial charge in [0.1, 0.15) is 5.75 Å². The maximum absolute atomic E-state index is 5.73. The molecule has 0 saturated heterocycles. The Bertz CT molecular complexity index is 284. The first kappa shape index (κ1) is 11.9. The van der Waals surface area contributed by atoms with Gasteiger partial charge in [-0.25, -0.2) is 0 Å². The summed E-state index contributed by atoms with van der Waals surface area (Å²) in [6, 6.07) is 8.11. The molecule has 84 valence electrons. The number of ether oxygens (including phenoxy) is 1. The van der Waals surface area contributed by atoms with Gasteiger partial charge in [-0.1, -0.05) is 32.9 Å². The minimum Gasteiger partial charge on any atom is -0.491 e. The molecule has 0 atom stereocenters. The average Bonchev–Trinajstić information content (AvgIpc) is 2.24. The number of benzene rings is 1. The first-order chi connectivity index (χ1) is 7.24. The van der Waals surface area contributed by atoms with Crippen LogP contribution < -0.4 is 10.1 Å². The van der Waals surface area contributed by atoms with Crippen molar-refractivity contribution in [2.24, 2.45) is 5.92 Å². The van der Waals surface area contributed by atoms with Gasteiger partial charge in [0, 0.05) is 6.54 Å². The fourth-order valence-corrected chi connectivity index (χ4v) is 1.25. The van der Waals surface area contributed by atoms with Gasteiger partial charge < -0.3 is 10.1 Å². The van der Waals surface area contributed by atoms with E-state index in [4.69, 9.17) is 4.74 Å². The largest absolute Gasteiger partial charge is 0.491 e. The molecule has 1 aromatic rings. The zero-order valence-electron chi connectivity index (χ0n) is 9.92. The van der Waals surface area contributed by atoms with Crippen molar-refractivity contribution in [1.29, 1.82) is 0 Å². The SMILES string of the molecule is CCCNc1ccccc1OCC(C)C. The highest BCUT2D eigenvalue weighted by atomic mass is 16.5. The molecule has 0 spiro atoms. The van der Waals surface area contributed by atoms with Crippen LogP contribution in [0.3, 0.4) is 0 Å². The Morgan fingerprint density at radius 2 is 2.00 bits per heavy atom. The number of hydrogen-bond acceptors (Lipinski definition) is 2. The van der Waals surface area contributed by atoms with E-state index in [0.29, 0.717) is 5.92 Å². The van der Waals surface area contributed by atoms with Crippen LogP contribution in [0.25, 0.3) is 0 Å². The Morgan fingerprint density at radius 1 is 1.27 bits per heavy atom. The van der Waals surface area contributed by atoms with E-state index in [1.54, 1.807) is 0 Å². The fourth-order valence-electron chi connectivity index (χ4n) is 1.25. The quantitative estimate of drug-likeness (QED) is 0.770. The van der Waals surface area contributed by atoms with Crippen molar-refractivity contribution in [2.75, 3.05) is 18.5 Å². The third-order valence-corrected chi connectivity index (χ3v) is 2.02. The third kappa shape index (κ3) is 4.24. The Labute approximate surface area is 92.6 Å². The van der Waals surface area contributed by atoms with Crippen molar-refractivity contribution in [2.45, 2.75) is 27.2 Å². The summed E-state index contributed by atoms with van der Waals surface area (Å²) in [5.41, 5.74) is 1.10. The Kier molecular flexibility index (Phi) is 5.02. The van der Waals surface area contributed by atoms with Gasteiger partial charge in [0.2, 0.25) is 0 Å². The van der Waals surface area contributed by atoms with Gasteiger partial charge in [0.25, 0.3) is 0 Å². The molecular formula is C13H21NO. The molecule has 0 unspecified atom stereocenters. The van der Waals surface area contributed by atoms with Crippen LogP contribution >= 0.6 is 0 Å². The topological polar surface area (TPSA) is 21.3 Å². The van der Waals surface area contributed by atoms with E-state index >= 15 is 0 Å². The van der Waals surface area contributed by atoms with Gasteiger partial charge >= 0.3 is 0 Å². The van der Waals surface area contributed by atoms with E-state index < -0.39 is 0 Å². The highest BCUT2D eigenvalue weighted by Gasteiger charge is 2.02. The predicted molar refractivity (Wildman–Crippen MR) is 65.6 cm³/mol. The summed E-state index contributed by atoms with van der Waals surface area (Å²) < 4.78 is 5.73. The molecule has 1 rings (SSSR count). The van der Waals surface area contributed by atoms with E-state index in [2.05, 4.69) is 32.2 Å². The molecule has 0 fully saturated rings. The molecule has 1 N–H and O–H groups in total. The van der Waals surface area contributed by atoms with Crippen LogP contribution in [0.5, 0.6) is 5.75 Å².